The lowest BCUT2D eigenvalue weighted by molar-refractivity contribution is -0.137. The molecule has 142 valence electrons. The molecule has 0 spiro atoms. The highest BCUT2D eigenvalue weighted by atomic mass is 16.4. The molecule has 0 fully saturated rings. The van der Waals surface area contributed by atoms with Gasteiger partial charge in [-0.25, -0.2) is 15.0 Å². The molecule has 2 aromatic carbocycles. The van der Waals surface area contributed by atoms with Gasteiger partial charge in [-0.2, -0.15) is 4.52 Å². The third-order valence-corrected chi connectivity index (χ3v) is 4.74. The maximum absolute atomic E-state index is 11.0. The molecule has 0 saturated carbocycles. The second-order valence-electron chi connectivity index (χ2n) is 6.64. The van der Waals surface area contributed by atoms with E-state index in [-0.39, 0.29) is 12.8 Å². The first-order chi connectivity index (χ1) is 14.2. The summed E-state index contributed by atoms with van der Waals surface area (Å²) in [4.78, 5) is 27.3. The number of aromatic nitrogens is 6. The molecule has 3 aromatic heterocycles. The Morgan fingerprint density at radius 3 is 2.45 bits per heavy atom. The number of hydrogen-bond donors (Lipinski definition) is 2. The van der Waals surface area contributed by atoms with Crippen molar-refractivity contribution < 1.29 is 9.90 Å². The Morgan fingerprint density at radius 2 is 1.69 bits per heavy atom. The number of aliphatic carboxylic acids is 1. The summed E-state index contributed by atoms with van der Waals surface area (Å²) < 4.78 is 1.60. The minimum atomic E-state index is -0.890. The zero-order valence-corrected chi connectivity index (χ0v) is 15.3. The average molecular weight is 384 g/mol. The lowest BCUT2D eigenvalue weighted by Crippen LogP contribution is -2.07. The Labute approximate surface area is 164 Å². The van der Waals surface area contributed by atoms with E-state index in [2.05, 4.69) is 37.2 Å². The van der Waals surface area contributed by atoms with Crippen molar-refractivity contribution >= 4 is 22.8 Å². The highest BCUT2D eigenvalue weighted by molar-refractivity contribution is 5.86. The van der Waals surface area contributed by atoms with Crippen molar-refractivity contribution in [3.05, 3.63) is 66.7 Å². The predicted molar refractivity (Wildman–Crippen MR) is 107 cm³/mol. The van der Waals surface area contributed by atoms with Crippen molar-refractivity contribution in [1.29, 1.82) is 0 Å². The maximum Gasteiger partial charge on any atom is 0.303 e. The Hall–Kier alpha value is -4.07. The first kappa shape index (κ1) is 17.1. The van der Waals surface area contributed by atoms with Gasteiger partial charge in [0.25, 0.3) is 0 Å². The average Bonchev–Trinajstić information content (AvgIpc) is 3.39. The van der Waals surface area contributed by atoms with Crippen molar-refractivity contribution in [3.8, 4) is 22.5 Å². The van der Waals surface area contributed by atoms with Gasteiger partial charge in [-0.15, -0.1) is 5.10 Å². The van der Waals surface area contributed by atoms with Crippen molar-refractivity contribution in [1.82, 2.24) is 29.5 Å². The van der Waals surface area contributed by atoms with Gasteiger partial charge in [0.2, 0.25) is 0 Å². The first-order valence-electron chi connectivity index (χ1n) is 9.15. The largest absolute Gasteiger partial charge is 0.481 e. The van der Waals surface area contributed by atoms with Crippen molar-refractivity contribution in [2.45, 2.75) is 12.8 Å². The van der Waals surface area contributed by atoms with Gasteiger partial charge in [0.1, 0.15) is 11.3 Å². The van der Waals surface area contributed by atoms with Crippen LogP contribution in [0.25, 0.3) is 39.3 Å². The molecular weight excluding hydrogens is 368 g/mol. The highest BCUT2D eigenvalue weighted by Crippen LogP contribution is 2.25. The van der Waals surface area contributed by atoms with Gasteiger partial charge >= 0.3 is 5.97 Å². The normalized spacial score (nSPS) is 11.3. The molecule has 8 heteroatoms. The molecule has 0 aliphatic heterocycles. The molecule has 5 aromatic rings. The van der Waals surface area contributed by atoms with Crippen LogP contribution in [0.4, 0.5) is 0 Å². The number of aromatic amines is 1. The third kappa shape index (κ3) is 3.10. The number of nitrogens with zero attached hydrogens (tertiary/aromatic N) is 5. The van der Waals surface area contributed by atoms with Crippen molar-refractivity contribution in [3.63, 3.8) is 0 Å². The van der Waals surface area contributed by atoms with Gasteiger partial charge in [-0.3, -0.25) is 4.79 Å². The van der Waals surface area contributed by atoms with Crippen LogP contribution in [-0.4, -0.2) is 40.6 Å². The second kappa shape index (κ2) is 6.83. The zero-order chi connectivity index (χ0) is 19.8. The van der Waals surface area contributed by atoms with Gasteiger partial charge in [-0.05, 0) is 11.1 Å². The molecular formula is C21H16N6O2. The summed E-state index contributed by atoms with van der Waals surface area (Å²) in [5, 5.41) is 13.6. The van der Waals surface area contributed by atoms with E-state index in [0.29, 0.717) is 28.5 Å². The third-order valence-electron chi connectivity index (χ3n) is 4.74. The SMILES string of the molecule is O=C(O)CCc1nc2nc[nH]c2c2nc(-c3ccc(-c4ccccc4)cc3)nn12. The molecule has 8 nitrogen and oxygen atoms in total. The fourth-order valence-electron chi connectivity index (χ4n) is 3.31. The van der Waals surface area contributed by atoms with Crippen LogP contribution in [0.5, 0.6) is 0 Å². The molecule has 5 rings (SSSR count). The summed E-state index contributed by atoms with van der Waals surface area (Å²) in [5.41, 5.74) is 4.86. The number of carboxylic acid groups (broad SMARTS) is 1. The molecule has 0 saturated heterocycles. The van der Waals surface area contributed by atoms with Crippen LogP contribution in [0, 0.1) is 0 Å². The number of fused-ring (bicyclic) bond motifs is 3. The fraction of sp³-hybridized carbons (Fsp3) is 0.0952. The monoisotopic (exact) mass is 384 g/mol. The van der Waals surface area contributed by atoms with Crippen LogP contribution in [-0.2, 0) is 11.2 Å². The number of benzene rings is 2. The van der Waals surface area contributed by atoms with Crippen molar-refractivity contribution in [2.75, 3.05) is 0 Å². The Balaban J connectivity index is 1.58. The molecule has 0 amide bonds. The number of carboxylic acids is 1. The van der Waals surface area contributed by atoms with Crippen molar-refractivity contribution in [2.24, 2.45) is 0 Å². The molecule has 0 aliphatic rings. The minimum Gasteiger partial charge on any atom is -0.481 e. The summed E-state index contributed by atoms with van der Waals surface area (Å²) in [6.45, 7) is 0. The fourth-order valence-corrected chi connectivity index (χ4v) is 3.31. The van der Waals surface area contributed by atoms with E-state index in [0.717, 1.165) is 16.7 Å². The van der Waals surface area contributed by atoms with E-state index >= 15 is 0 Å². The molecule has 0 aliphatic carbocycles. The lowest BCUT2D eigenvalue weighted by atomic mass is 10.0. The molecule has 0 atom stereocenters. The Kier molecular flexibility index (Phi) is 4.02. The van der Waals surface area contributed by atoms with Gasteiger partial charge in [0.15, 0.2) is 17.1 Å². The van der Waals surface area contributed by atoms with E-state index in [1.54, 1.807) is 10.8 Å². The minimum absolute atomic E-state index is 0.0427. The highest BCUT2D eigenvalue weighted by Gasteiger charge is 2.16. The molecule has 0 bridgehead atoms. The number of carbonyl (C=O) groups is 1. The smallest absolute Gasteiger partial charge is 0.303 e. The van der Waals surface area contributed by atoms with Crippen LogP contribution < -0.4 is 0 Å². The van der Waals surface area contributed by atoms with E-state index in [9.17, 15) is 4.79 Å². The van der Waals surface area contributed by atoms with E-state index in [1.165, 1.54) is 0 Å². The van der Waals surface area contributed by atoms with E-state index in [4.69, 9.17) is 5.11 Å². The first-order valence-corrected chi connectivity index (χ1v) is 9.15. The zero-order valence-electron chi connectivity index (χ0n) is 15.3. The van der Waals surface area contributed by atoms with Crippen LogP contribution >= 0.6 is 0 Å². The number of nitrogens with one attached hydrogen (secondary N) is 1. The van der Waals surface area contributed by atoms with E-state index < -0.39 is 5.97 Å². The van der Waals surface area contributed by atoms with E-state index in [1.807, 2.05) is 42.5 Å². The standard InChI is InChI=1S/C21H16N6O2/c28-17(29)11-10-16-24-20-18(22-12-23-20)21-25-19(26-27(16)21)15-8-6-14(7-9-15)13-4-2-1-3-5-13/h1-9,12H,10-11H2,(H,22,23)(H,28,29). The van der Waals surface area contributed by atoms with Crippen LogP contribution in [0.15, 0.2) is 60.9 Å². The Bertz CT molecular complexity index is 1320. The summed E-state index contributed by atoms with van der Waals surface area (Å²) in [6.07, 6.45) is 1.74. The maximum atomic E-state index is 11.0. The molecule has 29 heavy (non-hydrogen) atoms. The summed E-state index contributed by atoms with van der Waals surface area (Å²) in [7, 11) is 0. The number of aryl methyl sites for hydroxylation is 1. The van der Waals surface area contributed by atoms with Crippen LogP contribution in [0.2, 0.25) is 0 Å². The molecule has 0 unspecified atom stereocenters. The predicted octanol–water partition coefficient (Wildman–Crippen LogP) is 3.35. The van der Waals surface area contributed by atoms with Gasteiger partial charge in [0, 0.05) is 12.0 Å². The molecule has 3 heterocycles. The second-order valence-corrected chi connectivity index (χ2v) is 6.64. The number of imidazole rings is 1. The van der Waals surface area contributed by atoms with Gasteiger partial charge in [-0.1, -0.05) is 54.6 Å². The number of rotatable bonds is 5. The molecule has 2 N–H and O–H groups in total. The lowest BCUT2D eigenvalue weighted by Gasteiger charge is -2.02. The topological polar surface area (TPSA) is 109 Å². The summed E-state index contributed by atoms with van der Waals surface area (Å²) in [6, 6.07) is 18.2. The summed E-state index contributed by atoms with van der Waals surface area (Å²) >= 11 is 0. The van der Waals surface area contributed by atoms with Gasteiger partial charge in [0.05, 0.1) is 12.7 Å². The Morgan fingerprint density at radius 1 is 0.966 bits per heavy atom. The van der Waals surface area contributed by atoms with Crippen LogP contribution in [0.1, 0.15) is 12.2 Å². The quantitative estimate of drug-likeness (QED) is 0.481. The number of hydrogen-bond acceptors (Lipinski definition) is 5. The van der Waals surface area contributed by atoms with Gasteiger partial charge < -0.3 is 10.1 Å². The molecule has 0 radical (unpaired) electrons. The summed E-state index contributed by atoms with van der Waals surface area (Å²) in [5.74, 6) is 0.172. The number of H-pyrrole nitrogens is 1. The van der Waals surface area contributed by atoms with Crippen LogP contribution in [0.3, 0.4) is 0 Å².